The van der Waals surface area contributed by atoms with Crippen LogP contribution in [0, 0.1) is 0 Å². The molecule has 0 radical (unpaired) electrons. The van der Waals surface area contributed by atoms with Crippen LogP contribution in [0.1, 0.15) is 29.6 Å². The molecule has 6 heteroatoms. The number of aromatic carboxylic acids is 1. The Balaban J connectivity index is 1.81. The van der Waals surface area contributed by atoms with Gasteiger partial charge in [-0.05, 0) is 25.3 Å². The third-order valence-electron chi connectivity index (χ3n) is 3.55. The number of nitrogens with zero attached hydrogens (tertiary/aromatic N) is 1. The molecule has 0 saturated carbocycles. The third-order valence-corrected chi connectivity index (χ3v) is 3.93. The maximum atomic E-state index is 11.0. The van der Waals surface area contributed by atoms with Gasteiger partial charge in [-0.15, -0.1) is 0 Å². The lowest BCUT2D eigenvalue weighted by atomic mass is 9.95. The molecule has 1 aromatic rings. The van der Waals surface area contributed by atoms with Crippen molar-refractivity contribution >= 4 is 23.4 Å². The van der Waals surface area contributed by atoms with Gasteiger partial charge in [0.1, 0.15) is 5.82 Å². The number of ether oxygens (including phenoxy) is 1. The predicted molar refractivity (Wildman–Crippen MR) is 66.1 cm³/mol. The summed E-state index contributed by atoms with van der Waals surface area (Å²) >= 11 is 6.04. The van der Waals surface area contributed by atoms with Crippen LogP contribution < -0.4 is 5.32 Å². The van der Waals surface area contributed by atoms with E-state index in [1.165, 1.54) is 12.3 Å². The lowest BCUT2D eigenvalue weighted by Gasteiger charge is -2.21. The number of halogens is 1. The van der Waals surface area contributed by atoms with Crippen molar-refractivity contribution in [2.24, 2.45) is 0 Å². The smallest absolute Gasteiger partial charge is 0.337 e. The Morgan fingerprint density at radius 3 is 3.00 bits per heavy atom. The molecule has 3 rings (SSSR count). The third kappa shape index (κ3) is 1.93. The number of hydrogen-bond acceptors (Lipinski definition) is 4. The highest BCUT2D eigenvalue weighted by atomic mass is 35.5. The number of nitrogens with one attached hydrogen (secondary N) is 1. The summed E-state index contributed by atoms with van der Waals surface area (Å²) in [5.74, 6) is -0.618. The van der Waals surface area contributed by atoms with Crippen LogP contribution in [0.2, 0.25) is 5.02 Å². The normalized spacial score (nSPS) is 29.5. The quantitative estimate of drug-likeness (QED) is 0.879. The number of rotatable bonds is 3. The van der Waals surface area contributed by atoms with Crippen molar-refractivity contribution in [3.63, 3.8) is 0 Å². The summed E-state index contributed by atoms with van der Waals surface area (Å²) in [5.41, 5.74) is 0.0678. The maximum Gasteiger partial charge on any atom is 0.337 e. The number of carbonyl (C=O) groups is 1. The zero-order valence-corrected chi connectivity index (χ0v) is 10.4. The molecule has 2 fully saturated rings. The summed E-state index contributed by atoms with van der Waals surface area (Å²) in [4.78, 5) is 15.1. The molecule has 5 nitrogen and oxygen atoms in total. The second-order valence-electron chi connectivity index (χ2n) is 4.69. The van der Waals surface area contributed by atoms with E-state index in [0.29, 0.717) is 11.9 Å². The molecule has 0 aromatic carbocycles. The number of anilines is 1. The van der Waals surface area contributed by atoms with Gasteiger partial charge in [0.2, 0.25) is 0 Å². The fraction of sp³-hybridized carbons (Fsp3) is 0.500. The first-order valence-corrected chi connectivity index (χ1v) is 6.32. The molecule has 0 spiro atoms. The topological polar surface area (TPSA) is 71.5 Å². The fourth-order valence-corrected chi connectivity index (χ4v) is 2.92. The molecule has 2 bridgehead atoms. The molecule has 18 heavy (non-hydrogen) atoms. The van der Waals surface area contributed by atoms with Crippen molar-refractivity contribution in [3.05, 3.63) is 22.8 Å². The first-order valence-electron chi connectivity index (χ1n) is 5.95. The lowest BCUT2D eigenvalue weighted by Crippen LogP contribution is -2.31. The van der Waals surface area contributed by atoms with E-state index in [2.05, 4.69) is 10.3 Å². The number of pyridine rings is 1. The van der Waals surface area contributed by atoms with E-state index >= 15 is 0 Å². The molecule has 2 N–H and O–H groups in total. The Morgan fingerprint density at radius 1 is 1.56 bits per heavy atom. The molecular weight excluding hydrogens is 256 g/mol. The highest BCUT2D eigenvalue weighted by Crippen LogP contribution is 2.36. The largest absolute Gasteiger partial charge is 0.478 e. The van der Waals surface area contributed by atoms with Crippen LogP contribution in [-0.4, -0.2) is 34.3 Å². The number of hydrogen-bond donors (Lipinski definition) is 2. The molecule has 3 heterocycles. The molecule has 3 atom stereocenters. The first kappa shape index (κ1) is 11.7. The van der Waals surface area contributed by atoms with Gasteiger partial charge in [-0.2, -0.15) is 0 Å². The van der Waals surface area contributed by atoms with E-state index in [0.717, 1.165) is 19.3 Å². The van der Waals surface area contributed by atoms with Gasteiger partial charge in [-0.25, -0.2) is 9.78 Å². The van der Waals surface area contributed by atoms with E-state index in [-0.39, 0.29) is 22.7 Å². The van der Waals surface area contributed by atoms with Crippen molar-refractivity contribution in [2.45, 2.75) is 37.5 Å². The minimum Gasteiger partial charge on any atom is -0.478 e. The molecule has 2 aliphatic heterocycles. The Hall–Kier alpha value is -1.33. The number of aromatic nitrogens is 1. The second kappa shape index (κ2) is 4.40. The minimum atomic E-state index is -1.05. The van der Waals surface area contributed by atoms with E-state index in [9.17, 15) is 4.79 Å². The van der Waals surface area contributed by atoms with Crippen molar-refractivity contribution < 1.29 is 14.6 Å². The van der Waals surface area contributed by atoms with Crippen molar-refractivity contribution in [2.75, 3.05) is 5.32 Å². The SMILES string of the molecule is O=C(O)c1ccnc(NC2CC3CCC2O3)c1Cl. The summed E-state index contributed by atoms with van der Waals surface area (Å²) in [6.45, 7) is 0. The van der Waals surface area contributed by atoms with Gasteiger partial charge >= 0.3 is 5.97 Å². The molecule has 96 valence electrons. The summed E-state index contributed by atoms with van der Waals surface area (Å²) in [6, 6.07) is 1.57. The van der Waals surface area contributed by atoms with Gasteiger partial charge < -0.3 is 15.2 Å². The lowest BCUT2D eigenvalue weighted by molar-refractivity contribution is 0.0697. The van der Waals surface area contributed by atoms with E-state index < -0.39 is 5.97 Å². The van der Waals surface area contributed by atoms with Crippen LogP contribution in [0.4, 0.5) is 5.82 Å². The highest BCUT2D eigenvalue weighted by molar-refractivity contribution is 6.35. The summed E-state index contributed by atoms with van der Waals surface area (Å²) < 4.78 is 5.72. The Bertz CT molecular complexity index is 494. The minimum absolute atomic E-state index is 0.0678. The summed E-state index contributed by atoms with van der Waals surface area (Å²) in [7, 11) is 0. The molecular formula is C12H13ClN2O3. The zero-order valence-electron chi connectivity index (χ0n) is 9.60. The number of carboxylic acids is 1. The number of fused-ring (bicyclic) bond motifs is 2. The van der Waals surface area contributed by atoms with Crippen molar-refractivity contribution in [1.29, 1.82) is 0 Å². The molecule has 3 unspecified atom stereocenters. The highest BCUT2D eigenvalue weighted by Gasteiger charge is 2.41. The summed E-state index contributed by atoms with van der Waals surface area (Å²) in [6.07, 6.45) is 5.05. The molecule has 2 aliphatic rings. The average Bonchev–Trinajstić information content (AvgIpc) is 2.93. The van der Waals surface area contributed by atoms with Crippen LogP contribution in [0.15, 0.2) is 12.3 Å². The van der Waals surface area contributed by atoms with E-state index in [1.54, 1.807) is 0 Å². The van der Waals surface area contributed by atoms with Gasteiger partial charge in [0.05, 0.1) is 28.8 Å². The van der Waals surface area contributed by atoms with Gasteiger partial charge in [-0.3, -0.25) is 0 Å². The van der Waals surface area contributed by atoms with Crippen LogP contribution in [0.5, 0.6) is 0 Å². The number of carboxylic acid groups (broad SMARTS) is 1. The van der Waals surface area contributed by atoms with Gasteiger partial charge in [-0.1, -0.05) is 11.6 Å². The zero-order chi connectivity index (χ0) is 12.7. The predicted octanol–water partition coefficient (Wildman–Crippen LogP) is 2.17. The van der Waals surface area contributed by atoms with Crippen molar-refractivity contribution in [1.82, 2.24) is 4.98 Å². The Labute approximate surface area is 109 Å². The maximum absolute atomic E-state index is 11.0. The standard InChI is InChI=1S/C12H13ClN2O3/c13-10-7(12(16)17)3-4-14-11(10)15-8-5-6-1-2-9(8)18-6/h3-4,6,8-9H,1-2,5H2,(H,14,15)(H,16,17). The Kier molecular flexibility index (Phi) is 2.87. The summed E-state index contributed by atoms with van der Waals surface area (Å²) in [5, 5.41) is 12.4. The van der Waals surface area contributed by atoms with Gasteiger partial charge in [0, 0.05) is 6.20 Å². The van der Waals surface area contributed by atoms with Crippen molar-refractivity contribution in [3.8, 4) is 0 Å². The van der Waals surface area contributed by atoms with Gasteiger partial charge in [0.25, 0.3) is 0 Å². The average molecular weight is 269 g/mol. The van der Waals surface area contributed by atoms with Crippen LogP contribution in [0.3, 0.4) is 0 Å². The van der Waals surface area contributed by atoms with E-state index in [4.69, 9.17) is 21.4 Å². The van der Waals surface area contributed by atoms with E-state index in [1.807, 2.05) is 0 Å². The fourth-order valence-electron chi connectivity index (χ4n) is 2.67. The molecule has 0 amide bonds. The van der Waals surface area contributed by atoms with Crippen LogP contribution in [-0.2, 0) is 4.74 Å². The second-order valence-corrected chi connectivity index (χ2v) is 5.06. The monoisotopic (exact) mass is 268 g/mol. The Morgan fingerprint density at radius 2 is 2.39 bits per heavy atom. The molecule has 2 saturated heterocycles. The molecule has 1 aromatic heterocycles. The van der Waals surface area contributed by atoms with Crippen LogP contribution >= 0.6 is 11.6 Å². The molecule has 0 aliphatic carbocycles. The first-order chi connectivity index (χ1) is 8.65. The van der Waals surface area contributed by atoms with Crippen LogP contribution in [0.25, 0.3) is 0 Å². The van der Waals surface area contributed by atoms with Gasteiger partial charge in [0.15, 0.2) is 0 Å².